The molecule has 176 valence electrons. The summed E-state index contributed by atoms with van der Waals surface area (Å²) in [7, 11) is 0. The average molecular weight is 465 g/mol. The molecule has 2 amide bonds. The highest BCUT2D eigenvalue weighted by Gasteiger charge is 2.17. The molecule has 1 atom stereocenters. The molecule has 6 nitrogen and oxygen atoms in total. The third kappa shape index (κ3) is 6.38. The third-order valence-corrected chi connectivity index (χ3v) is 5.84. The van der Waals surface area contributed by atoms with Gasteiger partial charge in [-0.2, -0.15) is 0 Å². The Hall–Kier alpha value is -4.32. The summed E-state index contributed by atoms with van der Waals surface area (Å²) >= 11 is 0. The predicted octanol–water partition coefficient (Wildman–Crippen LogP) is 4.88. The van der Waals surface area contributed by atoms with E-state index in [1.807, 2.05) is 78.9 Å². The van der Waals surface area contributed by atoms with Crippen molar-refractivity contribution in [3.8, 4) is 11.1 Å². The van der Waals surface area contributed by atoms with Crippen LogP contribution < -0.4 is 10.6 Å². The molecular formula is C29H28N4O2. The van der Waals surface area contributed by atoms with Gasteiger partial charge in [-0.3, -0.25) is 19.6 Å². The van der Waals surface area contributed by atoms with Crippen LogP contribution in [-0.4, -0.2) is 21.8 Å². The topological polar surface area (TPSA) is 84.0 Å². The number of nitrogens with one attached hydrogen (secondary N) is 2. The molecule has 2 aromatic carbocycles. The van der Waals surface area contributed by atoms with Gasteiger partial charge >= 0.3 is 0 Å². The lowest BCUT2D eigenvalue weighted by Gasteiger charge is -2.15. The normalized spacial score (nSPS) is 11.5. The van der Waals surface area contributed by atoms with Crippen molar-refractivity contribution in [3.05, 3.63) is 120 Å². The van der Waals surface area contributed by atoms with E-state index in [0.29, 0.717) is 25.2 Å². The Morgan fingerprint density at radius 1 is 0.800 bits per heavy atom. The quantitative estimate of drug-likeness (QED) is 0.370. The molecule has 4 rings (SSSR count). The van der Waals surface area contributed by atoms with Gasteiger partial charge in [0.1, 0.15) is 5.69 Å². The van der Waals surface area contributed by atoms with Crippen LogP contribution in [0.15, 0.2) is 97.5 Å². The number of aromatic nitrogens is 2. The van der Waals surface area contributed by atoms with Crippen molar-refractivity contribution in [1.82, 2.24) is 20.6 Å². The molecule has 0 saturated heterocycles. The zero-order chi connectivity index (χ0) is 24.5. The lowest BCUT2D eigenvalue weighted by Crippen LogP contribution is -2.25. The molecule has 0 aliphatic carbocycles. The summed E-state index contributed by atoms with van der Waals surface area (Å²) in [5.41, 5.74) is 4.89. The zero-order valence-electron chi connectivity index (χ0n) is 19.6. The number of carbonyl (C=O) groups excluding carboxylic acids is 2. The minimum atomic E-state index is -0.264. The number of benzene rings is 2. The van der Waals surface area contributed by atoms with Crippen LogP contribution in [0.2, 0.25) is 0 Å². The molecule has 0 unspecified atom stereocenters. The van der Waals surface area contributed by atoms with Gasteiger partial charge in [0, 0.05) is 43.7 Å². The Morgan fingerprint density at radius 3 is 2.34 bits per heavy atom. The number of nitrogens with zero attached hydrogens (tertiary/aromatic N) is 2. The Kier molecular flexibility index (Phi) is 7.96. The smallest absolute Gasteiger partial charge is 0.270 e. The molecule has 2 N–H and O–H groups in total. The summed E-state index contributed by atoms with van der Waals surface area (Å²) in [6.45, 7) is 2.77. The van der Waals surface area contributed by atoms with Gasteiger partial charge in [-0.25, -0.2) is 0 Å². The van der Waals surface area contributed by atoms with E-state index in [-0.39, 0.29) is 17.7 Å². The largest absolute Gasteiger partial charge is 0.352 e. The summed E-state index contributed by atoms with van der Waals surface area (Å²) in [4.78, 5) is 34.1. The van der Waals surface area contributed by atoms with E-state index in [0.717, 1.165) is 27.8 Å². The molecule has 0 radical (unpaired) electrons. The maximum Gasteiger partial charge on any atom is 0.270 e. The number of hydrogen-bond acceptors (Lipinski definition) is 4. The highest BCUT2D eigenvalue weighted by Crippen LogP contribution is 2.26. The molecule has 2 aromatic heterocycles. The third-order valence-electron chi connectivity index (χ3n) is 5.84. The van der Waals surface area contributed by atoms with Crippen molar-refractivity contribution < 1.29 is 9.59 Å². The SMILES string of the molecule is C[C@H](CC(=O)NCc1ccccc1-c1cccnc1C(=O)NCc1cccnc1)c1ccccc1. The molecule has 0 fully saturated rings. The molecule has 6 heteroatoms. The van der Waals surface area contributed by atoms with Crippen LogP contribution in [0.25, 0.3) is 11.1 Å². The van der Waals surface area contributed by atoms with Crippen LogP contribution in [0.4, 0.5) is 0 Å². The minimum Gasteiger partial charge on any atom is -0.352 e. The van der Waals surface area contributed by atoms with Gasteiger partial charge in [-0.1, -0.05) is 73.7 Å². The average Bonchev–Trinajstić information content (AvgIpc) is 2.92. The first-order chi connectivity index (χ1) is 17.1. The molecule has 0 aliphatic heterocycles. The fourth-order valence-electron chi connectivity index (χ4n) is 3.95. The van der Waals surface area contributed by atoms with E-state index in [1.54, 1.807) is 18.6 Å². The minimum absolute atomic E-state index is 0.0169. The van der Waals surface area contributed by atoms with Crippen LogP contribution in [0.5, 0.6) is 0 Å². The number of pyridine rings is 2. The first-order valence-corrected chi connectivity index (χ1v) is 11.6. The Balaban J connectivity index is 1.46. The van der Waals surface area contributed by atoms with Gasteiger partial charge in [-0.05, 0) is 40.3 Å². The zero-order valence-corrected chi connectivity index (χ0v) is 19.6. The molecule has 0 aliphatic rings. The van der Waals surface area contributed by atoms with Gasteiger partial charge in [0.15, 0.2) is 0 Å². The molecule has 0 bridgehead atoms. The monoisotopic (exact) mass is 464 g/mol. The van der Waals surface area contributed by atoms with Crippen molar-refractivity contribution >= 4 is 11.8 Å². The Morgan fingerprint density at radius 2 is 1.54 bits per heavy atom. The van der Waals surface area contributed by atoms with E-state index < -0.39 is 0 Å². The van der Waals surface area contributed by atoms with E-state index >= 15 is 0 Å². The van der Waals surface area contributed by atoms with Gasteiger partial charge in [-0.15, -0.1) is 0 Å². The first-order valence-electron chi connectivity index (χ1n) is 11.6. The Labute approximate surface area is 205 Å². The van der Waals surface area contributed by atoms with Gasteiger partial charge in [0.2, 0.25) is 5.91 Å². The standard InChI is InChI=1S/C29H28N4O2/c1-21(23-10-3-2-4-11-23)17-27(34)32-20-24-12-5-6-13-25(24)26-14-8-16-31-28(26)29(35)33-19-22-9-7-15-30-18-22/h2-16,18,21H,17,19-20H2,1H3,(H,32,34)(H,33,35)/t21-/m1/s1. The fraction of sp³-hybridized carbons (Fsp3) is 0.172. The number of carbonyl (C=O) groups is 2. The predicted molar refractivity (Wildman–Crippen MR) is 136 cm³/mol. The first kappa shape index (κ1) is 23.8. The highest BCUT2D eigenvalue weighted by molar-refractivity contribution is 5.99. The van der Waals surface area contributed by atoms with Crippen LogP contribution in [0.1, 0.15) is 46.4 Å². The van der Waals surface area contributed by atoms with Gasteiger partial charge < -0.3 is 10.6 Å². The number of rotatable bonds is 9. The molecule has 2 heterocycles. The van der Waals surface area contributed by atoms with Crippen molar-refractivity contribution in [2.24, 2.45) is 0 Å². The maximum atomic E-state index is 13.0. The van der Waals surface area contributed by atoms with E-state index in [4.69, 9.17) is 0 Å². The van der Waals surface area contributed by atoms with Crippen molar-refractivity contribution in [1.29, 1.82) is 0 Å². The van der Waals surface area contributed by atoms with Gasteiger partial charge in [0.05, 0.1) is 0 Å². The second-order valence-electron chi connectivity index (χ2n) is 8.39. The Bertz CT molecular complexity index is 1280. The summed E-state index contributed by atoms with van der Waals surface area (Å²) in [6, 6.07) is 25.2. The van der Waals surface area contributed by atoms with Crippen molar-refractivity contribution in [3.63, 3.8) is 0 Å². The van der Waals surface area contributed by atoms with Gasteiger partial charge in [0.25, 0.3) is 5.91 Å². The van der Waals surface area contributed by atoms with Crippen LogP contribution in [0.3, 0.4) is 0 Å². The second-order valence-corrected chi connectivity index (χ2v) is 8.39. The van der Waals surface area contributed by atoms with Crippen molar-refractivity contribution in [2.45, 2.75) is 32.4 Å². The van der Waals surface area contributed by atoms with E-state index in [2.05, 4.69) is 27.5 Å². The highest BCUT2D eigenvalue weighted by atomic mass is 16.2. The van der Waals surface area contributed by atoms with Crippen LogP contribution in [0, 0.1) is 0 Å². The van der Waals surface area contributed by atoms with E-state index in [9.17, 15) is 9.59 Å². The lowest BCUT2D eigenvalue weighted by atomic mass is 9.96. The summed E-state index contributed by atoms with van der Waals surface area (Å²) in [5, 5.41) is 5.96. The summed E-state index contributed by atoms with van der Waals surface area (Å²) in [6.07, 6.45) is 5.43. The maximum absolute atomic E-state index is 13.0. The molecule has 35 heavy (non-hydrogen) atoms. The number of hydrogen-bond donors (Lipinski definition) is 2. The number of amides is 2. The fourth-order valence-corrected chi connectivity index (χ4v) is 3.95. The van der Waals surface area contributed by atoms with Crippen molar-refractivity contribution in [2.75, 3.05) is 0 Å². The molecule has 0 spiro atoms. The summed E-state index contributed by atoms with van der Waals surface area (Å²) < 4.78 is 0. The summed E-state index contributed by atoms with van der Waals surface area (Å²) in [5.74, 6) is -0.156. The molecule has 0 saturated carbocycles. The lowest BCUT2D eigenvalue weighted by molar-refractivity contribution is -0.121. The van der Waals surface area contributed by atoms with E-state index in [1.165, 1.54) is 0 Å². The molecular weight excluding hydrogens is 436 g/mol. The molecule has 4 aromatic rings. The second kappa shape index (κ2) is 11.7. The van der Waals surface area contributed by atoms with Crippen LogP contribution >= 0.6 is 0 Å². The van der Waals surface area contributed by atoms with Crippen LogP contribution in [-0.2, 0) is 17.9 Å².